The van der Waals surface area contributed by atoms with E-state index < -0.39 is 6.10 Å². The molecule has 76 valence electrons. The fourth-order valence-electron chi connectivity index (χ4n) is 1.07. The Balaban J connectivity index is 2.78. The lowest BCUT2D eigenvalue weighted by molar-refractivity contribution is 0.199. The Labute approximate surface area is 89.1 Å². The van der Waals surface area contributed by atoms with Crippen LogP contribution in [0.15, 0.2) is 24.3 Å². The van der Waals surface area contributed by atoms with Crippen LogP contribution in [-0.4, -0.2) is 17.3 Å². The standard InChI is InChI=1S/C10H14N2OS/c1-7(13)8-4-3-5-9(6-8)12-10(14)11-2/h3-7,13H,1-2H3,(H2,11,12,14)/t7-/m0/s1. The van der Waals surface area contributed by atoms with E-state index in [0.717, 1.165) is 11.3 Å². The van der Waals surface area contributed by atoms with E-state index in [4.69, 9.17) is 12.2 Å². The summed E-state index contributed by atoms with van der Waals surface area (Å²) in [6.07, 6.45) is -0.458. The molecular formula is C10H14N2OS. The van der Waals surface area contributed by atoms with E-state index in [-0.39, 0.29) is 0 Å². The number of aliphatic hydroxyl groups excluding tert-OH is 1. The van der Waals surface area contributed by atoms with Gasteiger partial charge in [0.15, 0.2) is 5.11 Å². The molecule has 14 heavy (non-hydrogen) atoms. The van der Waals surface area contributed by atoms with Gasteiger partial charge in [0.2, 0.25) is 0 Å². The zero-order valence-corrected chi connectivity index (χ0v) is 9.06. The van der Waals surface area contributed by atoms with E-state index in [2.05, 4.69) is 10.6 Å². The number of rotatable bonds is 2. The molecule has 0 saturated carbocycles. The first-order chi connectivity index (χ1) is 6.63. The second-order valence-electron chi connectivity index (χ2n) is 3.01. The van der Waals surface area contributed by atoms with Gasteiger partial charge in [-0.05, 0) is 36.8 Å². The first kappa shape index (κ1) is 10.9. The molecule has 1 rings (SSSR count). The van der Waals surface area contributed by atoms with E-state index in [1.165, 1.54) is 0 Å². The molecule has 1 aromatic rings. The Hall–Kier alpha value is -1.13. The Morgan fingerprint density at radius 1 is 1.50 bits per heavy atom. The summed E-state index contributed by atoms with van der Waals surface area (Å²) in [5, 5.41) is 15.7. The van der Waals surface area contributed by atoms with E-state index >= 15 is 0 Å². The van der Waals surface area contributed by atoms with Crippen LogP contribution in [0.2, 0.25) is 0 Å². The molecule has 0 heterocycles. The van der Waals surface area contributed by atoms with Crippen LogP contribution in [0.4, 0.5) is 5.69 Å². The highest BCUT2D eigenvalue weighted by atomic mass is 32.1. The number of nitrogens with one attached hydrogen (secondary N) is 2. The van der Waals surface area contributed by atoms with E-state index in [9.17, 15) is 5.11 Å². The lowest BCUT2D eigenvalue weighted by atomic mass is 10.1. The van der Waals surface area contributed by atoms with Gasteiger partial charge in [-0.15, -0.1) is 0 Å². The van der Waals surface area contributed by atoms with Crippen molar-refractivity contribution in [1.29, 1.82) is 0 Å². The number of thiocarbonyl (C=S) groups is 1. The molecule has 0 unspecified atom stereocenters. The molecule has 1 atom stereocenters. The minimum atomic E-state index is -0.458. The predicted octanol–water partition coefficient (Wildman–Crippen LogP) is 1.66. The van der Waals surface area contributed by atoms with Crippen LogP contribution >= 0.6 is 12.2 Å². The number of benzene rings is 1. The van der Waals surface area contributed by atoms with Gasteiger partial charge in [-0.3, -0.25) is 0 Å². The molecule has 0 fully saturated rings. The quantitative estimate of drug-likeness (QED) is 0.650. The van der Waals surface area contributed by atoms with Gasteiger partial charge in [-0.1, -0.05) is 12.1 Å². The summed E-state index contributed by atoms with van der Waals surface area (Å²) in [4.78, 5) is 0. The monoisotopic (exact) mass is 210 g/mol. The molecule has 3 nitrogen and oxygen atoms in total. The lowest BCUT2D eigenvalue weighted by Crippen LogP contribution is -2.24. The Kier molecular flexibility index (Phi) is 3.85. The third-order valence-electron chi connectivity index (χ3n) is 1.85. The van der Waals surface area contributed by atoms with Gasteiger partial charge >= 0.3 is 0 Å². The van der Waals surface area contributed by atoms with Crippen molar-refractivity contribution in [3.63, 3.8) is 0 Å². The Morgan fingerprint density at radius 3 is 2.79 bits per heavy atom. The Morgan fingerprint density at radius 2 is 2.21 bits per heavy atom. The first-order valence-corrected chi connectivity index (χ1v) is 4.81. The summed E-state index contributed by atoms with van der Waals surface area (Å²) in [6.45, 7) is 1.73. The van der Waals surface area contributed by atoms with Crippen LogP contribution in [0, 0.1) is 0 Å². The molecule has 0 aliphatic rings. The molecule has 0 bridgehead atoms. The lowest BCUT2D eigenvalue weighted by Gasteiger charge is -2.10. The number of aliphatic hydroxyl groups is 1. The van der Waals surface area contributed by atoms with Crippen molar-refractivity contribution in [1.82, 2.24) is 5.32 Å². The molecule has 0 spiro atoms. The van der Waals surface area contributed by atoms with Crippen molar-refractivity contribution in [2.45, 2.75) is 13.0 Å². The number of hydrogen-bond donors (Lipinski definition) is 3. The molecule has 3 N–H and O–H groups in total. The maximum Gasteiger partial charge on any atom is 0.170 e. The van der Waals surface area contributed by atoms with Crippen molar-refractivity contribution in [3.8, 4) is 0 Å². The zero-order chi connectivity index (χ0) is 10.6. The van der Waals surface area contributed by atoms with Gasteiger partial charge in [-0.25, -0.2) is 0 Å². The summed E-state index contributed by atoms with van der Waals surface area (Å²) < 4.78 is 0. The predicted molar refractivity (Wildman–Crippen MR) is 62.4 cm³/mol. The highest BCUT2D eigenvalue weighted by molar-refractivity contribution is 7.80. The average Bonchev–Trinajstić information content (AvgIpc) is 2.18. The smallest absolute Gasteiger partial charge is 0.170 e. The summed E-state index contributed by atoms with van der Waals surface area (Å²) in [5.41, 5.74) is 1.75. The van der Waals surface area contributed by atoms with Crippen LogP contribution in [0.3, 0.4) is 0 Å². The third-order valence-corrected chi connectivity index (χ3v) is 2.16. The molecule has 4 heteroatoms. The minimum absolute atomic E-state index is 0.458. The fraction of sp³-hybridized carbons (Fsp3) is 0.300. The van der Waals surface area contributed by atoms with Crippen molar-refractivity contribution in [2.75, 3.05) is 12.4 Å². The SMILES string of the molecule is CNC(=S)Nc1cccc([C@H](C)O)c1. The second-order valence-corrected chi connectivity index (χ2v) is 3.41. The summed E-state index contributed by atoms with van der Waals surface area (Å²) in [6, 6.07) is 7.52. The average molecular weight is 210 g/mol. The summed E-state index contributed by atoms with van der Waals surface area (Å²) in [7, 11) is 1.76. The van der Waals surface area contributed by atoms with Gasteiger partial charge < -0.3 is 15.7 Å². The van der Waals surface area contributed by atoms with Crippen LogP contribution < -0.4 is 10.6 Å². The van der Waals surface area contributed by atoms with Crippen LogP contribution in [0.25, 0.3) is 0 Å². The van der Waals surface area contributed by atoms with E-state index in [1.807, 2.05) is 24.3 Å². The molecule has 0 aliphatic heterocycles. The third kappa shape index (κ3) is 2.97. The van der Waals surface area contributed by atoms with Crippen LogP contribution in [0.5, 0.6) is 0 Å². The van der Waals surface area contributed by atoms with Crippen molar-refractivity contribution in [3.05, 3.63) is 29.8 Å². The topological polar surface area (TPSA) is 44.3 Å². The number of anilines is 1. The summed E-state index contributed by atoms with van der Waals surface area (Å²) >= 11 is 4.96. The number of hydrogen-bond acceptors (Lipinski definition) is 2. The van der Waals surface area contributed by atoms with Gasteiger partial charge in [-0.2, -0.15) is 0 Å². The molecule has 0 aromatic heterocycles. The largest absolute Gasteiger partial charge is 0.389 e. The normalized spacial score (nSPS) is 11.9. The highest BCUT2D eigenvalue weighted by Gasteiger charge is 2.01. The van der Waals surface area contributed by atoms with Crippen molar-refractivity contribution in [2.24, 2.45) is 0 Å². The van der Waals surface area contributed by atoms with Gasteiger partial charge in [0, 0.05) is 12.7 Å². The molecule has 0 radical (unpaired) electrons. The van der Waals surface area contributed by atoms with Gasteiger partial charge in [0.05, 0.1) is 6.10 Å². The molecule has 0 amide bonds. The van der Waals surface area contributed by atoms with Crippen molar-refractivity contribution < 1.29 is 5.11 Å². The van der Waals surface area contributed by atoms with Gasteiger partial charge in [0.25, 0.3) is 0 Å². The molecule has 1 aromatic carbocycles. The summed E-state index contributed by atoms with van der Waals surface area (Å²) in [5.74, 6) is 0. The molecule has 0 aliphatic carbocycles. The minimum Gasteiger partial charge on any atom is -0.389 e. The van der Waals surface area contributed by atoms with Crippen LogP contribution in [-0.2, 0) is 0 Å². The second kappa shape index (κ2) is 4.93. The maximum absolute atomic E-state index is 9.36. The van der Waals surface area contributed by atoms with E-state index in [1.54, 1.807) is 14.0 Å². The van der Waals surface area contributed by atoms with E-state index in [0.29, 0.717) is 5.11 Å². The fourth-order valence-corrected chi connectivity index (χ4v) is 1.19. The maximum atomic E-state index is 9.36. The Bertz CT molecular complexity index is 326. The van der Waals surface area contributed by atoms with Gasteiger partial charge in [0.1, 0.15) is 0 Å². The molecular weight excluding hydrogens is 196 g/mol. The molecule has 0 saturated heterocycles. The van der Waals surface area contributed by atoms with Crippen LogP contribution in [0.1, 0.15) is 18.6 Å². The zero-order valence-electron chi connectivity index (χ0n) is 8.24. The first-order valence-electron chi connectivity index (χ1n) is 4.40. The highest BCUT2D eigenvalue weighted by Crippen LogP contribution is 2.16. The van der Waals surface area contributed by atoms with Crippen molar-refractivity contribution >= 4 is 23.0 Å².